The highest BCUT2D eigenvalue weighted by Crippen LogP contribution is 2.64. The Balaban J connectivity index is 1.15. The van der Waals surface area contributed by atoms with E-state index < -0.39 is 0 Å². The van der Waals surface area contributed by atoms with Crippen LogP contribution in [0.3, 0.4) is 0 Å². The predicted octanol–water partition coefficient (Wildman–Crippen LogP) is 13.3. The number of para-hydroxylation sites is 3. The fourth-order valence-corrected chi connectivity index (χ4v) is 10.1. The fraction of sp³-hybridized carbons (Fsp3) is 0.160. The van der Waals surface area contributed by atoms with Crippen LogP contribution >= 0.6 is 0 Å². The molecule has 1 heterocycles. The van der Waals surface area contributed by atoms with E-state index in [1.165, 1.54) is 61.0 Å². The van der Waals surface area contributed by atoms with Crippen molar-refractivity contribution >= 4 is 50.0 Å². The molecule has 0 bridgehead atoms. The van der Waals surface area contributed by atoms with Gasteiger partial charge in [-0.25, -0.2) is 0 Å². The van der Waals surface area contributed by atoms with E-state index in [1.807, 2.05) is 0 Å². The van der Waals surface area contributed by atoms with E-state index in [-0.39, 0.29) is 11.3 Å². The monoisotopic (exact) mass is 670 g/mol. The third-order valence-electron chi connectivity index (χ3n) is 12.5. The quantitative estimate of drug-likeness (QED) is 0.168. The summed E-state index contributed by atoms with van der Waals surface area (Å²) < 4.78 is 0. The molecule has 2 heteroatoms. The lowest BCUT2D eigenvalue weighted by molar-refractivity contribution is 0.138. The van der Waals surface area contributed by atoms with E-state index in [4.69, 9.17) is 0 Å². The number of benzene rings is 7. The third-order valence-corrected chi connectivity index (χ3v) is 12.5. The number of anilines is 5. The molecule has 3 aliphatic rings. The van der Waals surface area contributed by atoms with Crippen LogP contribution in [0.2, 0.25) is 0 Å². The first kappa shape index (κ1) is 30.9. The van der Waals surface area contributed by atoms with Gasteiger partial charge in [0.1, 0.15) is 0 Å². The maximum atomic E-state index is 2.65. The van der Waals surface area contributed by atoms with Crippen LogP contribution in [-0.2, 0) is 0 Å². The molecule has 0 aromatic heterocycles. The summed E-state index contributed by atoms with van der Waals surface area (Å²) in [4.78, 5) is 5.13. The van der Waals surface area contributed by atoms with Crippen LogP contribution in [0, 0.1) is 18.3 Å². The highest BCUT2D eigenvalue weighted by atomic mass is 15.2. The van der Waals surface area contributed by atoms with Gasteiger partial charge in [-0.2, -0.15) is 0 Å². The van der Waals surface area contributed by atoms with E-state index >= 15 is 0 Å². The zero-order valence-electron chi connectivity index (χ0n) is 29.7. The standard InChI is InChI=1S/C50H42N2/c1-34-41-28-27-35-16-9-10-24-42(35)43(41)29-30-45(34)51(38-19-5-3-6-20-38)40-23-15-17-36(32-40)49-48-44-25-11-12-26-46(44)52(39-21-7-4-8-22-39)47(48)33-37-18-13-14-31-50(37,49)2/h3-32,37,47-49H,33H2,1-2H3. The molecule has 1 saturated carbocycles. The van der Waals surface area contributed by atoms with E-state index in [0.29, 0.717) is 17.9 Å². The van der Waals surface area contributed by atoms with Gasteiger partial charge in [0, 0.05) is 46.3 Å². The average molecular weight is 671 g/mol. The van der Waals surface area contributed by atoms with Gasteiger partial charge in [0.2, 0.25) is 0 Å². The Labute approximate surface area is 307 Å². The van der Waals surface area contributed by atoms with Crippen molar-refractivity contribution in [3.63, 3.8) is 0 Å². The van der Waals surface area contributed by atoms with Crippen molar-refractivity contribution in [1.29, 1.82) is 0 Å². The first-order chi connectivity index (χ1) is 25.6. The molecular weight excluding hydrogens is 629 g/mol. The number of hydrogen-bond acceptors (Lipinski definition) is 2. The summed E-state index contributed by atoms with van der Waals surface area (Å²) in [6.45, 7) is 4.81. The molecule has 0 N–H and O–H groups in total. The largest absolute Gasteiger partial charge is 0.337 e. The van der Waals surface area contributed by atoms with E-state index in [1.54, 1.807) is 0 Å². The lowest BCUT2D eigenvalue weighted by atomic mass is 9.52. The van der Waals surface area contributed by atoms with Crippen molar-refractivity contribution in [2.45, 2.75) is 38.1 Å². The molecule has 0 radical (unpaired) electrons. The minimum absolute atomic E-state index is 0.0359. The molecule has 252 valence electrons. The molecule has 5 atom stereocenters. The minimum Gasteiger partial charge on any atom is -0.337 e. The van der Waals surface area contributed by atoms with Crippen molar-refractivity contribution in [3.05, 3.63) is 199 Å². The first-order valence-corrected chi connectivity index (χ1v) is 18.8. The van der Waals surface area contributed by atoms with E-state index in [0.717, 1.165) is 12.1 Å². The molecule has 1 fully saturated rings. The van der Waals surface area contributed by atoms with Gasteiger partial charge in [-0.05, 0) is 111 Å². The number of aryl methyl sites for hydroxylation is 1. The predicted molar refractivity (Wildman–Crippen MR) is 220 cm³/mol. The number of fused-ring (bicyclic) bond motifs is 7. The number of hydrogen-bond donors (Lipinski definition) is 0. The molecule has 1 aliphatic heterocycles. The lowest BCUT2D eigenvalue weighted by Gasteiger charge is -2.53. The number of rotatable bonds is 5. The summed E-state index contributed by atoms with van der Waals surface area (Å²) in [5.41, 5.74) is 10.3. The summed E-state index contributed by atoms with van der Waals surface area (Å²) in [5, 5.41) is 5.17. The SMILES string of the molecule is Cc1c(N(c2ccccc2)c2cccc(C3C4c5ccccc5N(c5ccccc5)C4CC4C=CC=CC43C)c2)ccc2c1ccc1ccccc12. The van der Waals surface area contributed by atoms with Gasteiger partial charge < -0.3 is 9.80 Å². The van der Waals surface area contributed by atoms with Gasteiger partial charge in [0.05, 0.1) is 0 Å². The third kappa shape index (κ3) is 4.70. The highest BCUT2D eigenvalue weighted by Gasteiger charge is 2.56. The maximum absolute atomic E-state index is 2.65. The highest BCUT2D eigenvalue weighted by molar-refractivity contribution is 6.10. The molecular formula is C50H42N2. The van der Waals surface area contributed by atoms with Gasteiger partial charge in [-0.15, -0.1) is 0 Å². The summed E-state index contributed by atoms with van der Waals surface area (Å²) in [5.74, 6) is 1.04. The zero-order valence-corrected chi connectivity index (χ0v) is 29.7. The van der Waals surface area contributed by atoms with Crippen LogP contribution in [0.25, 0.3) is 21.5 Å². The molecule has 0 saturated heterocycles. The van der Waals surface area contributed by atoms with Crippen molar-refractivity contribution < 1.29 is 0 Å². The van der Waals surface area contributed by atoms with Gasteiger partial charge in [0.25, 0.3) is 0 Å². The Morgan fingerprint density at radius 3 is 2.23 bits per heavy atom. The Kier molecular flexibility index (Phi) is 7.21. The van der Waals surface area contributed by atoms with Crippen molar-refractivity contribution in [2.75, 3.05) is 9.80 Å². The molecule has 0 amide bonds. The minimum atomic E-state index is -0.0359. The van der Waals surface area contributed by atoms with Crippen molar-refractivity contribution in [2.24, 2.45) is 11.3 Å². The normalized spacial score (nSPS) is 23.0. The van der Waals surface area contributed by atoms with Crippen LogP contribution in [0.4, 0.5) is 28.4 Å². The lowest BCUT2D eigenvalue weighted by Crippen LogP contribution is -2.48. The van der Waals surface area contributed by atoms with Gasteiger partial charge in [-0.3, -0.25) is 0 Å². The number of nitrogens with zero attached hydrogens (tertiary/aromatic N) is 2. The molecule has 10 rings (SSSR count). The van der Waals surface area contributed by atoms with E-state index in [2.05, 4.69) is 206 Å². The Bertz CT molecular complexity index is 2510. The number of allylic oxidation sites excluding steroid dienone is 4. The molecule has 52 heavy (non-hydrogen) atoms. The summed E-state index contributed by atoms with van der Waals surface area (Å²) in [6.07, 6.45) is 10.7. The molecule has 0 spiro atoms. The van der Waals surface area contributed by atoms with Gasteiger partial charge in [-0.1, -0.05) is 140 Å². The Morgan fingerprint density at radius 1 is 0.635 bits per heavy atom. The van der Waals surface area contributed by atoms with Gasteiger partial charge in [0.15, 0.2) is 0 Å². The van der Waals surface area contributed by atoms with Crippen LogP contribution in [0.5, 0.6) is 0 Å². The van der Waals surface area contributed by atoms with Gasteiger partial charge >= 0.3 is 0 Å². The van der Waals surface area contributed by atoms with Crippen LogP contribution in [0.1, 0.15) is 41.9 Å². The van der Waals surface area contributed by atoms with Crippen molar-refractivity contribution in [3.8, 4) is 0 Å². The first-order valence-electron chi connectivity index (χ1n) is 18.8. The fourth-order valence-electron chi connectivity index (χ4n) is 10.1. The molecule has 5 unspecified atom stereocenters. The summed E-state index contributed by atoms with van der Waals surface area (Å²) in [7, 11) is 0. The summed E-state index contributed by atoms with van der Waals surface area (Å²) in [6, 6.07) is 59.0. The smallest absolute Gasteiger partial charge is 0.0497 e. The zero-order chi connectivity index (χ0) is 34.8. The maximum Gasteiger partial charge on any atom is 0.0497 e. The summed E-state index contributed by atoms with van der Waals surface area (Å²) >= 11 is 0. The molecule has 2 nitrogen and oxygen atoms in total. The Morgan fingerprint density at radius 2 is 1.37 bits per heavy atom. The molecule has 2 aliphatic carbocycles. The van der Waals surface area contributed by atoms with E-state index in [9.17, 15) is 0 Å². The average Bonchev–Trinajstić information content (AvgIpc) is 3.51. The topological polar surface area (TPSA) is 6.48 Å². The second-order valence-electron chi connectivity index (χ2n) is 15.1. The molecule has 7 aromatic carbocycles. The molecule has 7 aromatic rings. The van der Waals surface area contributed by atoms with Crippen LogP contribution in [0.15, 0.2) is 182 Å². The van der Waals surface area contributed by atoms with Crippen LogP contribution in [-0.4, -0.2) is 6.04 Å². The van der Waals surface area contributed by atoms with Crippen molar-refractivity contribution in [1.82, 2.24) is 0 Å². The second kappa shape index (κ2) is 12.1. The Hall–Kier alpha value is -5.86. The van der Waals surface area contributed by atoms with Crippen LogP contribution < -0.4 is 9.80 Å². The second-order valence-corrected chi connectivity index (χ2v) is 15.1.